The summed E-state index contributed by atoms with van der Waals surface area (Å²) in [5, 5.41) is 6.79. The van der Waals surface area contributed by atoms with E-state index in [1.54, 1.807) is 25.6 Å². The van der Waals surface area contributed by atoms with Crippen LogP contribution in [0.5, 0.6) is 11.5 Å². The first-order valence-corrected chi connectivity index (χ1v) is 8.08. The summed E-state index contributed by atoms with van der Waals surface area (Å²) >= 11 is 1.72. The van der Waals surface area contributed by atoms with E-state index in [9.17, 15) is 0 Å². The van der Waals surface area contributed by atoms with Crippen molar-refractivity contribution in [3.63, 3.8) is 0 Å². The number of benzene rings is 1. The van der Waals surface area contributed by atoms with Crippen LogP contribution in [0.1, 0.15) is 17.8 Å². The molecule has 2 heterocycles. The molecule has 0 bridgehead atoms. The normalized spacial score (nSPS) is 17.9. The van der Waals surface area contributed by atoms with Crippen molar-refractivity contribution in [1.29, 1.82) is 0 Å². The average molecular weight is 304 g/mol. The zero-order chi connectivity index (χ0) is 14.7. The lowest BCUT2D eigenvalue weighted by atomic mass is 10.1. The zero-order valence-electron chi connectivity index (χ0n) is 12.4. The van der Waals surface area contributed by atoms with Crippen molar-refractivity contribution < 1.29 is 9.47 Å². The van der Waals surface area contributed by atoms with Gasteiger partial charge in [0.1, 0.15) is 11.5 Å². The van der Waals surface area contributed by atoms with E-state index >= 15 is 0 Å². The molecule has 1 atom stereocenters. The fraction of sp³-hybridized carbons (Fsp3) is 0.438. The van der Waals surface area contributed by atoms with E-state index in [4.69, 9.17) is 14.5 Å². The van der Waals surface area contributed by atoms with E-state index in [0.29, 0.717) is 6.04 Å². The van der Waals surface area contributed by atoms with Gasteiger partial charge in [0.05, 0.1) is 24.9 Å². The Morgan fingerprint density at radius 1 is 1.33 bits per heavy atom. The van der Waals surface area contributed by atoms with E-state index in [1.165, 1.54) is 17.8 Å². The van der Waals surface area contributed by atoms with Crippen LogP contribution in [0.25, 0.3) is 11.3 Å². The molecule has 1 fully saturated rings. The van der Waals surface area contributed by atoms with Gasteiger partial charge in [0.25, 0.3) is 0 Å². The summed E-state index contributed by atoms with van der Waals surface area (Å²) < 4.78 is 10.7. The summed E-state index contributed by atoms with van der Waals surface area (Å²) in [4.78, 5) is 4.77. The molecule has 1 aromatic heterocycles. The number of thiazole rings is 1. The summed E-state index contributed by atoms with van der Waals surface area (Å²) in [5.41, 5.74) is 1.95. The minimum atomic E-state index is 0.580. The van der Waals surface area contributed by atoms with Crippen LogP contribution in [0.4, 0.5) is 0 Å². The molecule has 0 radical (unpaired) electrons. The van der Waals surface area contributed by atoms with Crippen LogP contribution in [0, 0.1) is 0 Å². The molecule has 1 N–H and O–H groups in total. The van der Waals surface area contributed by atoms with Gasteiger partial charge in [-0.05, 0) is 37.6 Å². The summed E-state index contributed by atoms with van der Waals surface area (Å²) in [6, 6.07) is 6.38. The highest BCUT2D eigenvalue weighted by molar-refractivity contribution is 7.09. The largest absolute Gasteiger partial charge is 0.497 e. The molecular weight excluding hydrogens is 284 g/mol. The molecule has 5 heteroatoms. The number of methoxy groups -OCH3 is 2. The molecule has 4 nitrogen and oxygen atoms in total. The molecule has 2 aromatic rings. The summed E-state index contributed by atoms with van der Waals surface area (Å²) in [6.45, 7) is 1.13. The van der Waals surface area contributed by atoms with Gasteiger partial charge in [0, 0.05) is 23.4 Å². The SMILES string of the molecule is COc1ccc(OC)c(-c2csc(CC3CCCN3)n2)c1. The molecule has 1 aliphatic heterocycles. The first-order valence-electron chi connectivity index (χ1n) is 7.20. The van der Waals surface area contributed by atoms with Crippen LogP contribution in [-0.2, 0) is 6.42 Å². The van der Waals surface area contributed by atoms with Gasteiger partial charge in [-0.15, -0.1) is 11.3 Å². The average Bonchev–Trinajstić information content (AvgIpc) is 3.19. The lowest BCUT2D eigenvalue weighted by molar-refractivity contribution is 0.404. The molecule has 1 saturated heterocycles. The Morgan fingerprint density at radius 2 is 2.24 bits per heavy atom. The zero-order valence-corrected chi connectivity index (χ0v) is 13.2. The van der Waals surface area contributed by atoms with Crippen molar-refractivity contribution in [3.8, 4) is 22.8 Å². The third-order valence-electron chi connectivity index (χ3n) is 3.82. The topological polar surface area (TPSA) is 43.4 Å². The third-order valence-corrected chi connectivity index (χ3v) is 4.69. The Hall–Kier alpha value is -1.59. The molecule has 1 unspecified atom stereocenters. The standard InChI is InChI=1S/C16H20N2O2S/c1-19-12-5-6-15(20-2)13(9-12)14-10-21-16(18-14)8-11-4-3-7-17-11/h5-6,9-11,17H,3-4,7-8H2,1-2H3. The Labute approximate surface area is 129 Å². The maximum Gasteiger partial charge on any atom is 0.128 e. The van der Waals surface area contributed by atoms with E-state index in [1.807, 2.05) is 18.2 Å². The second-order valence-electron chi connectivity index (χ2n) is 5.19. The number of hydrogen-bond acceptors (Lipinski definition) is 5. The Balaban J connectivity index is 1.84. The molecule has 0 aliphatic carbocycles. The second kappa shape index (κ2) is 6.45. The van der Waals surface area contributed by atoms with Crippen LogP contribution in [0.2, 0.25) is 0 Å². The summed E-state index contributed by atoms with van der Waals surface area (Å²) in [6.07, 6.45) is 3.53. The van der Waals surface area contributed by atoms with Gasteiger partial charge >= 0.3 is 0 Å². The van der Waals surface area contributed by atoms with Gasteiger partial charge in [-0.3, -0.25) is 0 Å². The van der Waals surface area contributed by atoms with Crippen molar-refractivity contribution in [2.75, 3.05) is 20.8 Å². The van der Waals surface area contributed by atoms with Crippen molar-refractivity contribution in [2.45, 2.75) is 25.3 Å². The minimum Gasteiger partial charge on any atom is -0.497 e. The fourth-order valence-electron chi connectivity index (χ4n) is 2.68. The van der Waals surface area contributed by atoms with Gasteiger partial charge in [-0.1, -0.05) is 0 Å². The van der Waals surface area contributed by atoms with Gasteiger partial charge in [0.15, 0.2) is 0 Å². The molecule has 3 rings (SSSR count). The highest BCUT2D eigenvalue weighted by Crippen LogP contribution is 2.34. The Morgan fingerprint density at radius 3 is 2.95 bits per heavy atom. The number of hydrogen-bond donors (Lipinski definition) is 1. The van der Waals surface area contributed by atoms with Crippen LogP contribution in [0.15, 0.2) is 23.6 Å². The van der Waals surface area contributed by atoms with Crippen molar-refractivity contribution in [1.82, 2.24) is 10.3 Å². The lowest BCUT2D eigenvalue weighted by Crippen LogP contribution is -2.23. The number of aromatic nitrogens is 1. The van der Waals surface area contributed by atoms with Crippen LogP contribution >= 0.6 is 11.3 Å². The van der Waals surface area contributed by atoms with E-state index in [0.717, 1.165) is 35.7 Å². The minimum absolute atomic E-state index is 0.580. The van der Waals surface area contributed by atoms with Crippen molar-refractivity contribution >= 4 is 11.3 Å². The smallest absolute Gasteiger partial charge is 0.128 e. The van der Waals surface area contributed by atoms with Crippen LogP contribution in [-0.4, -0.2) is 31.8 Å². The van der Waals surface area contributed by atoms with E-state index in [2.05, 4.69) is 10.7 Å². The molecule has 0 saturated carbocycles. The maximum atomic E-state index is 5.44. The highest BCUT2D eigenvalue weighted by atomic mass is 32.1. The fourth-order valence-corrected chi connectivity index (χ4v) is 3.56. The second-order valence-corrected chi connectivity index (χ2v) is 6.13. The van der Waals surface area contributed by atoms with Gasteiger partial charge < -0.3 is 14.8 Å². The molecule has 0 spiro atoms. The highest BCUT2D eigenvalue weighted by Gasteiger charge is 2.17. The molecule has 1 aromatic carbocycles. The monoisotopic (exact) mass is 304 g/mol. The number of nitrogens with zero attached hydrogens (tertiary/aromatic N) is 1. The first kappa shape index (κ1) is 14.4. The first-order chi connectivity index (χ1) is 10.3. The third kappa shape index (κ3) is 3.19. The van der Waals surface area contributed by atoms with Gasteiger partial charge in [-0.2, -0.15) is 0 Å². The van der Waals surface area contributed by atoms with Gasteiger partial charge in [0.2, 0.25) is 0 Å². The predicted octanol–water partition coefficient (Wildman–Crippen LogP) is 3.12. The van der Waals surface area contributed by atoms with Gasteiger partial charge in [-0.25, -0.2) is 4.98 Å². The van der Waals surface area contributed by atoms with E-state index < -0.39 is 0 Å². The lowest BCUT2D eigenvalue weighted by Gasteiger charge is -2.09. The molecule has 1 aliphatic rings. The quantitative estimate of drug-likeness (QED) is 0.921. The molecule has 112 valence electrons. The van der Waals surface area contributed by atoms with Crippen molar-refractivity contribution in [2.24, 2.45) is 0 Å². The Kier molecular flexibility index (Phi) is 4.41. The predicted molar refractivity (Wildman–Crippen MR) is 85.4 cm³/mol. The number of nitrogens with one attached hydrogen (secondary N) is 1. The number of ether oxygens (including phenoxy) is 2. The van der Waals surface area contributed by atoms with Crippen molar-refractivity contribution in [3.05, 3.63) is 28.6 Å². The molecule has 0 amide bonds. The Bertz CT molecular complexity index is 606. The summed E-state index contributed by atoms with van der Waals surface area (Å²) in [5.74, 6) is 1.64. The van der Waals surface area contributed by atoms with Crippen LogP contribution in [0.3, 0.4) is 0 Å². The molecular formula is C16H20N2O2S. The number of rotatable bonds is 5. The van der Waals surface area contributed by atoms with E-state index in [-0.39, 0.29) is 0 Å². The van der Waals surface area contributed by atoms with Crippen LogP contribution < -0.4 is 14.8 Å². The maximum absolute atomic E-state index is 5.44. The summed E-state index contributed by atoms with van der Waals surface area (Å²) in [7, 11) is 3.35. The molecule has 21 heavy (non-hydrogen) atoms.